The van der Waals surface area contributed by atoms with E-state index < -0.39 is 0 Å². The summed E-state index contributed by atoms with van der Waals surface area (Å²) in [6.45, 7) is 4.47. The van der Waals surface area contributed by atoms with Crippen molar-refractivity contribution in [2.45, 2.75) is 32.8 Å². The second kappa shape index (κ2) is 11.1. The highest BCUT2D eigenvalue weighted by molar-refractivity contribution is 5.99. The molecule has 1 unspecified atom stereocenters. The van der Waals surface area contributed by atoms with Crippen molar-refractivity contribution in [1.29, 1.82) is 0 Å². The van der Waals surface area contributed by atoms with Gasteiger partial charge in [0.2, 0.25) is 5.91 Å². The quantitative estimate of drug-likeness (QED) is 0.248. The summed E-state index contributed by atoms with van der Waals surface area (Å²) in [6, 6.07) is 32.6. The van der Waals surface area contributed by atoms with Gasteiger partial charge in [-0.1, -0.05) is 78.9 Å². The molecule has 0 spiro atoms. The Balaban J connectivity index is 1.43. The highest BCUT2D eigenvalue weighted by Gasteiger charge is 2.19. The van der Waals surface area contributed by atoms with Crippen molar-refractivity contribution in [3.63, 3.8) is 0 Å². The van der Waals surface area contributed by atoms with Crippen molar-refractivity contribution in [2.24, 2.45) is 0 Å². The van der Waals surface area contributed by atoms with E-state index in [1.807, 2.05) is 55.5 Å². The van der Waals surface area contributed by atoms with Crippen molar-refractivity contribution in [3.8, 4) is 5.75 Å². The smallest absolute Gasteiger partial charge is 0.231 e. The van der Waals surface area contributed by atoms with Crippen LogP contribution < -0.4 is 10.1 Å². The number of carbonyl (C=O) groups is 1. The first-order chi connectivity index (χ1) is 18.1. The average molecular weight is 487 g/mol. The maximum atomic E-state index is 13.6. The zero-order valence-electron chi connectivity index (χ0n) is 21.1. The first-order valence-electron chi connectivity index (χ1n) is 12.6. The van der Waals surface area contributed by atoms with E-state index in [1.165, 1.54) is 11.1 Å². The van der Waals surface area contributed by atoms with Crippen LogP contribution in [0.15, 0.2) is 109 Å². The second-order valence-electron chi connectivity index (χ2n) is 9.35. The minimum Gasteiger partial charge on any atom is -0.487 e. The molecular formula is C33H30N2O2. The van der Waals surface area contributed by atoms with Crippen molar-refractivity contribution >= 4 is 22.4 Å². The molecule has 0 aliphatic rings. The maximum absolute atomic E-state index is 13.6. The number of hydrogen-bond acceptors (Lipinski definition) is 3. The Hall–Kier alpha value is -4.44. The van der Waals surface area contributed by atoms with Crippen LogP contribution in [0.25, 0.3) is 10.8 Å². The average Bonchev–Trinajstić information content (AvgIpc) is 2.94. The molecule has 1 N–H and O–H groups in total. The number of aromatic nitrogens is 1. The number of nitrogens with zero attached hydrogens (tertiary/aromatic N) is 1. The Labute approximate surface area is 218 Å². The van der Waals surface area contributed by atoms with Gasteiger partial charge in [-0.25, -0.2) is 0 Å². The summed E-state index contributed by atoms with van der Waals surface area (Å²) in [5.74, 6) is 0.363. The number of hydrogen-bond donors (Lipinski definition) is 1. The number of carbonyl (C=O) groups excluding carboxylic acids is 1. The number of benzene rings is 4. The Morgan fingerprint density at radius 3 is 2.54 bits per heavy atom. The van der Waals surface area contributed by atoms with Crippen LogP contribution in [-0.2, 0) is 17.8 Å². The Kier molecular flexibility index (Phi) is 7.27. The van der Waals surface area contributed by atoms with Crippen LogP contribution in [0.4, 0.5) is 5.69 Å². The van der Waals surface area contributed by atoms with E-state index >= 15 is 0 Å². The maximum Gasteiger partial charge on any atom is 0.231 e. The van der Waals surface area contributed by atoms with Gasteiger partial charge in [0.05, 0.1) is 12.1 Å². The van der Waals surface area contributed by atoms with E-state index in [0.717, 1.165) is 39.6 Å². The van der Waals surface area contributed by atoms with Gasteiger partial charge in [-0.2, -0.15) is 0 Å². The molecule has 37 heavy (non-hydrogen) atoms. The molecule has 0 fully saturated rings. The molecule has 4 aromatic carbocycles. The van der Waals surface area contributed by atoms with Crippen LogP contribution in [0.3, 0.4) is 0 Å². The predicted octanol–water partition coefficient (Wildman–Crippen LogP) is 7.46. The molecule has 1 heterocycles. The number of aryl methyl sites for hydroxylation is 1. The van der Waals surface area contributed by atoms with Crippen LogP contribution in [0, 0.1) is 6.92 Å². The summed E-state index contributed by atoms with van der Waals surface area (Å²) in [7, 11) is 0. The molecule has 1 aromatic heterocycles. The molecule has 184 valence electrons. The third-order valence-electron chi connectivity index (χ3n) is 6.80. The molecule has 0 bridgehead atoms. The number of rotatable bonds is 8. The lowest BCUT2D eigenvalue weighted by molar-refractivity contribution is -0.117. The summed E-state index contributed by atoms with van der Waals surface area (Å²) < 4.78 is 5.92. The van der Waals surface area contributed by atoms with Gasteiger partial charge >= 0.3 is 0 Å². The largest absolute Gasteiger partial charge is 0.487 e. The normalized spacial score (nSPS) is 11.7. The minimum absolute atomic E-state index is 0.0345. The van der Waals surface area contributed by atoms with E-state index in [1.54, 1.807) is 12.4 Å². The Bertz CT molecular complexity index is 1520. The monoisotopic (exact) mass is 486 g/mol. The van der Waals surface area contributed by atoms with Crippen molar-refractivity contribution in [1.82, 2.24) is 4.98 Å². The lowest BCUT2D eigenvalue weighted by Crippen LogP contribution is -2.20. The highest BCUT2D eigenvalue weighted by atomic mass is 16.5. The molecule has 0 saturated carbocycles. The predicted molar refractivity (Wildman–Crippen MR) is 150 cm³/mol. The van der Waals surface area contributed by atoms with E-state index in [-0.39, 0.29) is 11.8 Å². The fourth-order valence-electron chi connectivity index (χ4n) is 4.61. The van der Waals surface area contributed by atoms with Gasteiger partial charge in [0.15, 0.2) is 0 Å². The number of ether oxygens (including phenoxy) is 1. The first-order valence-corrected chi connectivity index (χ1v) is 12.6. The van der Waals surface area contributed by atoms with Crippen molar-refractivity contribution in [3.05, 3.63) is 137 Å². The van der Waals surface area contributed by atoms with Crippen LogP contribution in [0.1, 0.15) is 40.7 Å². The molecule has 0 radical (unpaired) electrons. The van der Waals surface area contributed by atoms with Crippen LogP contribution in [-0.4, -0.2) is 10.9 Å². The second-order valence-corrected chi connectivity index (χ2v) is 9.35. The zero-order valence-corrected chi connectivity index (χ0v) is 21.1. The molecule has 0 aliphatic heterocycles. The van der Waals surface area contributed by atoms with E-state index in [2.05, 4.69) is 65.8 Å². The summed E-state index contributed by atoms with van der Waals surface area (Å²) >= 11 is 0. The third kappa shape index (κ3) is 5.70. The first kappa shape index (κ1) is 24.3. The summed E-state index contributed by atoms with van der Waals surface area (Å²) in [5, 5.41) is 5.48. The molecule has 0 saturated heterocycles. The molecule has 0 aliphatic carbocycles. The lowest BCUT2D eigenvalue weighted by atomic mass is 9.93. The van der Waals surface area contributed by atoms with E-state index in [9.17, 15) is 4.79 Å². The van der Waals surface area contributed by atoms with Gasteiger partial charge in [-0.05, 0) is 77.1 Å². The molecule has 5 rings (SSSR count). The van der Waals surface area contributed by atoms with E-state index in [0.29, 0.717) is 12.4 Å². The summed E-state index contributed by atoms with van der Waals surface area (Å²) in [6.07, 6.45) is 4.15. The number of anilines is 1. The lowest BCUT2D eigenvalue weighted by Gasteiger charge is -2.18. The standard InChI is InChI=1S/C33H30N2O2/c1-23-9-3-4-11-27(23)20-28-17-16-25(22-37-29-13-8-18-34-21-29)19-32(28)35-33(36)24(2)30-15-7-12-26-10-5-6-14-31(26)30/h3-19,21,24H,20,22H2,1-2H3,(H,35,36). The molecule has 5 aromatic rings. The topological polar surface area (TPSA) is 51.2 Å². The minimum atomic E-state index is -0.312. The molecular weight excluding hydrogens is 456 g/mol. The highest BCUT2D eigenvalue weighted by Crippen LogP contribution is 2.29. The van der Waals surface area contributed by atoms with Crippen molar-refractivity contribution in [2.75, 3.05) is 5.32 Å². The van der Waals surface area contributed by atoms with Crippen LogP contribution >= 0.6 is 0 Å². The van der Waals surface area contributed by atoms with Gasteiger partial charge in [0, 0.05) is 11.9 Å². The third-order valence-corrected chi connectivity index (χ3v) is 6.80. The van der Waals surface area contributed by atoms with Gasteiger partial charge in [0.25, 0.3) is 0 Å². The van der Waals surface area contributed by atoms with Gasteiger partial charge in [-0.3, -0.25) is 9.78 Å². The Morgan fingerprint density at radius 1 is 0.892 bits per heavy atom. The fourth-order valence-corrected chi connectivity index (χ4v) is 4.61. The van der Waals surface area contributed by atoms with Crippen molar-refractivity contribution < 1.29 is 9.53 Å². The number of nitrogens with one attached hydrogen (secondary N) is 1. The van der Waals surface area contributed by atoms with Crippen LogP contribution in [0.5, 0.6) is 5.75 Å². The van der Waals surface area contributed by atoms with Crippen LogP contribution in [0.2, 0.25) is 0 Å². The van der Waals surface area contributed by atoms with Gasteiger partial charge < -0.3 is 10.1 Å². The molecule has 1 atom stereocenters. The number of fused-ring (bicyclic) bond motifs is 1. The fraction of sp³-hybridized carbons (Fsp3) is 0.152. The van der Waals surface area contributed by atoms with Gasteiger partial charge in [-0.15, -0.1) is 0 Å². The Morgan fingerprint density at radius 2 is 1.70 bits per heavy atom. The molecule has 4 heteroatoms. The van der Waals surface area contributed by atoms with E-state index in [4.69, 9.17) is 4.74 Å². The SMILES string of the molecule is Cc1ccccc1Cc1ccc(COc2cccnc2)cc1NC(=O)C(C)c1cccc2ccccc12. The number of pyridine rings is 1. The van der Waals surface area contributed by atoms with Gasteiger partial charge in [0.1, 0.15) is 12.4 Å². The number of amides is 1. The molecule has 1 amide bonds. The molecule has 4 nitrogen and oxygen atoms in total. The zero-order chi connectivity index (χ0) is 25.6. The summed E-state index contributed by atoms with van der Waals surface area (Å²) in [5.41, 5.74) is 6.34. The summed E-state index contributed by atoms with van der Waals surface area (Å²) in [4.78, 5) is 17.7.